The molecule has 33 heavy (non-hydrogen) atoms. The number of methoxy groups -OCH3 is 1. The Balaban J connectivity index is 1.57. The molecular formula is C22H26ClFN3O5S+. The first-order valence-corrected chi connectivity index (χ1v) is 12.4. The molecule has 11 heteroatoms. The Morgan fingerprint density at radius 2 is 1.88 bits per heavy atom. The fraction of sp³-hybridized carbons (Fsp3) is 0.409. The van der Waals surface area contributed by atoms with Gasteiger partial charge in [-0.3, -0.25) is 4.90 Å². The predicted octanol–water partition coefficient (Wildman–Crippen LogP) is 2.32. The van der Waals surface area contributed by atoms with Crippen LogP contribution >= 0.6 is 11.6 Å². The van der Waals surface area contributed by atoms with Gasteiger partial charge in [0.25, 0.3) is 0 Å². The first-order chi connectivity index (χ1) is 15.8. The molecule has 2 aromatic rings. The molecule has 4 rings (SSSR count). The molecule has 0 aliphatic carbocycles. The van der Waals surface area contributed by atoms with Crippen molar-refractivity contribution in [3.63, 3.8) is 0 Å². The Labute approximate surface area is 197 Å². The van der Waals surface area contributed by atoms with Crippen molar-refractivity contribution in [3.8, 4) is 0 Å². The molecule has 2 aliphatic heterocycles. The van der Waals surface area contributed by atoms with Gasteiger partial charge < -0.3 is 9.47 Å². The van der Waals surface area contributed by atoms with E-state index in [2.05, 4.69) is 14.4 Å². The summed E-state index contributed by atoms with van der Waals surface area (Å²) in [5.74, 6) is -1.06. The second kappa shape index (κ2) is 9.65. The molecule has 8 nitrogen and oxygen atoms in total. The first-order valence-electron chi connectivity index (χ1n) is 10.6. The van der Waals surface area contributed by atoms with Crippen molar-refractivity contribution in [2.45, 2.75) is 12.6 Å². The number of rotatable bonds is 7. The van der Waals surface area contributed by atoms with E-state index < -0.39 is 22.0 Å². The number of carbonyl (C=O) groups is 1. The van der Waals surface area contributed by atoms with Crippen molar-refractivity contribution >= 4 is 33.5 Å². The van der Waals surface area contributed by atoms with E-state index in [4.69, 9.17) is 16.3 Å². The van der Waals surface area contributed by atoms with Gasteiger partial charge in [0, 0.05) is 31.8 Å². The van der Waals surface area contributed by atoms with Crippen LogP contribution in [0.15, 0.2) is 42.5 Å². The van der Waals surface area contributed by atoms with Gasteiger partial charge >= 0.3 is 16.2 Å². The van der Waals surface area contributed by atoms with Crippen LogP contribution in [0.3, 0.4) is 0 Å². The Kier molecular flexibility index (Phi) is 7.04. The number of carbonyl (C=O) groups excluding carboxylic acids is 1. The molecule has 1 N–H and O–H groups in total. The number of nitrogens with zero attached hydrogens (tertiary/aromatic N) is 2. The topological polar surface area (TPSA) is 84.9 Å². The minimum Gasteiger partial charge on any atom is -0.465 e. The maximum Gasteiger partial charge on any atom is 0.375 e. The van der Waals surface area contributed by atoms with Crippen LogP contribution in [0.4, 0.5) is 10.1 Å². The van der Waals surface area contributed by atoms with Gasteiger partial charge in [-0.1, -0.05) is 23.7 Å². The Hall–Kier alpha value is -2.08. The van der Waals surface area contributed by atoms with E-state index >= 15 is 0 Å². The van der Waals surface area contributed by atoms with E-state index in [0.717, 1.165) is 0 Å². The van der Waals surface area contributed by atoms with Crippen molar-refractivity contribution in [1.29, 1.82) is 0 Å². The minimum absolute atomic E-state index is 0.0406. The maximum atomic E-state index is 13.8. The number of benzene rings is 2. The fourth-order valence-electron chi connectivity index (χ4n) is 4.15. The summed E-state index contributed by atoms with van der Waals surface area (Å²) in [6.45, 7) is 3.02. The standard InChI is InChI=1S/C22H26ClFN3O5S/c1-31-22(28)17-4-2-16(3-5-17)13-25-33(29,30)27(19-6-7-21(24)20(23)12-19)10-8-26(9-11-27)18-14-32-15-18/h2-7,12,18,25H,8-11,13-15H2,1H3/q+1. The number of halogens is 2. The van der Waals surface area contributed by atoms with Crippen molar-refractivity contribution in [3.05, 3.63) is 64.4 Å². The van der Waals surface area contributed by atoms with Gasteiger partial charge in [-0.05, 0) is 23.8 Å². The lowest BCUT2D eigenvalue weighted by Gasteiger charge is -2.46. The third kappa shape index (κ3) is 4.77. The molecule has 0 aromatic heterocycles. The lowest BCUT2D eigenvalue weighted by molar-refractivity contribution is -0.0718. The molecular weight excluding hydrogens is 473 g/mol. The summed E-state index contributed by atoms with van der Waals surface area (Å²) in [4.78, 5) is 13.8. The molecule has 2 fully saturated rings. The smallest absolute Gasteiger partial charge is 0.375 e. The fourth-order valence-corrected chi connectivity index (χ4v) is 5.96. The summed E-state index contributed by atoms with van der Waals surface area (Å²) < 4.78 is 53.4. The number of esters is 1. The van der Waals surface area contributed by atoms with Crippen LogP contribution in [0.1, 0.15) is 15.9 Å². The molecule has 0 bridgehead atoms. The molecule has 0 radical (unpaired) electrons. The summed E-state index contributed by atoms with van der Waals surface area (Å²) in [5.41, 5.74) is 1.48. The summed E-state index contributed by atoms with van der Waals surface area (Å²) >= 11 is 6.02. The highest BCUT2D eigenvalue weighted by Crippen LogP contribution is 2.33. The van der Waals surface area contributed by atoms with E-state index in [1.807, 2.05) is 0 Å². The molecule has 2 aromatic carbocycles. The molecule has 2 saturated heterocycles. The zero-order chi connectivity index (χ0) is 23.6. The monoisotopic (exact) mass is 498 g/mol. The second-order valence-corrected chi connectivity index (χ2v) is 10.5. The molecule has 0 saturated carbocycles. The number of hydrogen-bond donors (Lipinski definition) is 1. The summed E-state index contributed by atoms with van der Waals surface area (Å²) in [6, 6.07) is 10.9. The van der Waals surface area contributed by atoms with Crippen LogP contribution < -0.4 is 8.61 Å². The molecule has 0 unspecified atom stereocenters. The van der Waals surface area contributed by atoms with E-state index in [9.17, 15) is 17.6 Å². The Morgan fingerprint density at radius 3 is 2.42 bits per heavy atom. The normalized spacial score (nSPS) is 19.1. The zero-order valence-corrected chi connectivity index (χ0v) is 19.7. The largest absolute Gasteiger partial charge is 0.465 e. The van der Waals surface area contributed by atoms with Crippen molar-refractivity contribution < 1.29 is 27.1 Å². The highest BCUT2D eigenvalue weighted by molar-refractivity contribution is 7.89. The van der Waals surface area contributed by atoms with Crippen molar-refractivity contribution in [1.82, 2.24) is 13.5 Å². The average molecular weight is 499 g/mol. The quantitative estimate of drug-likeness (QED) is 0.466. The third-order valence-corrected chi connectivity index (χ3v) is 8.60. The number of hydrogen-bond acceptors (Lipinski definition) is 6. The molecule has 0 amide bonds. The van der Waals surface area contributed by atoms with Gasteiger partial charge in [-0.2, -0.15) is 17.0 Å². The SMILES string of the molecule is COC(=O)c1ccc(CNS(=O)(=O)[N+]2(c3ccc(F)c(Cl)c3)CCN(C3COC3)CC2)cc1. The first kappa shape index (κ1) is 24.1. The van der Waals surface area contributed by atoms with Gasteiger partial charge in [0.1, 0.15) is 18.9 Å². The highest BCUT2D eigenvalue weighted by atomic mass is 35.5. The lowest BCUT2D eigenvalue weighted by Crippen LogP contribution is -2.68. The van der Waals surface area contributed by atoms with Crippen molar-refractivity contribution in [2.24, 2.45) is 0 Å². The van der Waals surface area contributed by atoms with Gasteiger partial charge in [0.2, 0.25) is 0 Å². The van der Waals surface area contributed by atoms with Gasteiger partial charge in [-0.25, -0.2) is 9.18 Å². The van der Waals surface area contributed by atoms with Crippen LogP contribution in [-0.2, 0) is 26.2 Å². The van der Waals surface area contributed by atoms with E-state index in [1.165, 1.54) is 25.3 Å². The van der Waals surface area contributed by atoms with Crippen LogP contribution in [0.5, 0.6) is 0 Å². The van der Waals surface area contributed by atoms with E-state index in [-0.39, 0.29) is 28.5 Å². The number of ether oxygens (including phenoxy) is 2. The molecule has 2 heterocycles. The van der Waals surface area contributed by atoms with Crippen LogP contribution in [-0.4, -0.2) is 71.8 Å². The summed E-state index contributed by atoms with van der Waals surface area (Å²) in [5, 5.41) is -0.117. The number of quaternary nitrogens is 1. The predicted molar refractivity (Wildman–Crippen MR) is 123 cm³/mol. The summed E-state index contributed by atoms with van der Waals surface area (Å²) in [7, 11) is -2.64. The van der Waals surface area contributed by atoms with E-state index in [0.29, 0.717) is 49.2 Å². The summed E-state index contributed by atoms with van der Waals surface area (Å²) in [6.07, 6.45) is 0. The second-order valence-electron chi connectivity index (χ2n) is 8.15. The molecule has 178 valence electrons. The number of nitrogens with one attached hydrogen (secondary N) is 1. The Bertz CT molecular complexity index is 1120. The van der Waals surface area contributed by atoms with Gasteiger partial charge in [-0.15, -0.1) is 0 Å². The minimum atomic E-state index is -3.94. The average Bonchev–Trinajstić information content (AvgIpc) is 2.79. The van der Waals surface area contributed by atoms with Crippen molar-refractivity contribution in [2.75, 3.05) is 46.5 Å². The van der Waals surface area contributed by atoms with Crippen LogP contribution in [0, 0.1) is 5.82 Å². The maximum absolute atomic E-state index is 13.8. The lowest BCUT2D eigenvalue weighted by atomic mass is 10.1. The van der Waals surface area contributed by atoms with Crippen LogP contribution in [0.2, 0.25) is 5.02 Å². The Morgan fingerprint density at radius 1 is 1.21 bits per heavy atom. The zero-order valence-electron chi connectivity index (χ0n) is 18.2. The van der Waals surface area contributed by atoms with Crippen LogP contribution in [0.25, 0.3) is 0 Å². The molecule has 2 aliphatic rings. The van der Waals surface area contributed by atoms with E-state index in [1.54, 1.807) is 24.3 Å². The third-order valence-electron chi connectivity index (χ3n) is 6.30. The van der Waals surface area contributed by atoms with Gasteiger partial charge in [0.05, 0.1) is 37.0 Å². The number of piperazine rings is 1. The van der Waals surface area contributed by atoms with Gasteiger partial charge in [0.15, 0.2) is 5.69 Å². The molecule has 0 spiro atoms. The highest BCUT2D eigenvalue weighted by Gasteiger charge is 2.48. The molecule has 0 atom stereocenters.